The van der Waals surface area contributed by atoms with E-state index in [0.717, 1.165) is 12.8 Å². The first-order valence-corrected chi connectivity index (χ1v) is 5.96. The Labute approximate surface area is 99.9 Å². The molecule has 0 radical (unpaired) electrons. The van der Waals surface area contributed by atoms with Crippen molar-refractivity contribution in [3.63, 3.8) is 0 Å². The van der Waals surface area contributed by atoms with Crippen LogP contribution in [0.2, 0.25) is 0 Å². The van der Waals surface area contributed by atoms with Gasteiger partial charge in [0.2, 0.25) is 5.91 Å². The Morgan fingerprint density at radius 2 is 2.18 bits per heavy atom. The number of ether oxygens (including phenoxy) is 1. The standard InChI is InChI=1S/C11H18N2O4/c1-7(10(14)12-8-2-3-8)13-4-5-17-6-9(13)11(15)16/h7-9H,2-6H2,1H3,(H,12,14)(H,15,16). The predicted molar refractivity (Wildman–Crippen MR) is 59.6 cm³/mol. The molecule has 2 aliphatic rings. The van der Waals surface area contributed by atoms with Gasteiger partial charge in [0.1, 0.15) is 6.04 Å². The van der Waals surface area contributed by atoms with E-state index < -0.39 is 18.1 Å². The molecule has 1 saturated carbocycles. The van der Waals surface area contributed by atoms with Crippen LogP contribution in [0, 0.1) is 0 Å². The van der Waals surface area contributed by atoms with Crippen LogP contribution >= 0.6 is 0 Å². The highest BCUT2D eigenvalue weighted by atomic mass is 16.5. The van der Waals surface area contributed by atoms with Crippen molar-refractivity contribution < 1.29 is 19.4 Å². The monoisotopic (exact) mass is 242 g/mol. The molecule has 1 amide bonds. The topological polar surface area (TPSA) is 78.9 Å². The van der Waals surface area contributed by atoms with Gasteiger partial charge in [-0.15, -0.1) is 0 Å². The third-order valence-electron chi connectivity index (χ3n) is 3.26. The highest BCUT2D eigenvalue weighted by Crippen LogP contribution is 2.20. The van der Waals surface area contributed by atoms with E-state index in [1.165, 1.54) is 0 Å². The van der Waals surface area contributed by atoms with Crippen molar-refractivity contribution >= 4 is 11.9 Å². The van der Waals surface area contributed by atoms with Crippen LogP contribution in [0.25, 0.3) is 0 Å². The van der Waals surface area contributed by atoms with E-state index in [2.05, 4.69) is 5.32 Å². The fraction of sp³-hybridized carbons (Fsp3) is 0.818. The Morgan fingerprint density at radius 1 is 1.47 bits per heavy atom. The fourth-order valence-electron chi connectivity index (χ4n) is 1.99. The van der Waals surface area contributed by atoms with Gasteiger partial charge in [-0.1, -0.05) is 0 Å². The van der Waals surface area contributed by atoms with Gasteiger partial charge in [0.05, 0.1) is 19.3 Å². The third kappa shape index (κ3) is 2.95. The summed E-state index contributed by atoms with van der Waals surface area (Å²) in [6.07, 6.45) is 2.06. The lowest BCUT2D eigenvalue weighted by molar-refractivity contribution is -0.153. The van der Waals surface area contributed by atoms with Gasteiger partial charge in [-0.05, 0) is 19.8 Å². The van der Waals surface area contributed by atoms with Gasteiger partial charge < -0.3 is 15.2 Å². The Kier molecular flexibility index (Phi) is 3.63. The first-order chi connectivity index (χ1) is 8.09. The third-order valence-corrected chi connectivity index (χ3v) is 3.26. The normalized spacial score (nSPS) is 27.5. The smallest absolute Gasteiger partial charge is 0.323 e. The van der Waals surface area contributed by atoms with Crippen molar-refractivity contribution in [1.29, 1.82) is 0 Å². The number of rotatable bonds is 4. The molecule has 2 unspecified atom stereocenters. The Bertz CT molecular complexity index is 317. The van der Waals surface area contributed by atoms with Gasteiger partial charge in [0.25, 0.3) is 0 Å². The highest BCUT2D eigenvalue weighted by Gasteiger charge is 2.36. The summed E-state index contributed by atoms with van der Waals surface area (Å²) >= 11 is 0. The molecule has 0 aromatic rings. The van der Waals surface area contributed by atoms with Crippen LogP contribution in [0.4, 0.5) is 0 Å². The minimum Gasteiger partial charge on any atom is -0.480 e. The number of hydrogen-bond donors (Lipinski definition) is 2. The van der Waals surface area contributed by atoms with Crippen LogP contribution in [0.3, 0.4) is 0 Å². The molecule has 2 N–H and O–H groups in total. The molecule has 0 aromatic carbocycles. The maximum Gasteiger partial charge on any atom is 0.323 e. The Hall–Kier alpha value is -1.14. The summed E-state index contributed by atoms with van der Waals surface area (Å²) < 4.78 is 5.14. The van der Waals surface area contributed by atoms with Crippen LogP contribution < -0.4 is 5.32 Å². The molecule has 6 nitrogen and oxygen atoms in total. The lowest BCUT2D eigenvalue weighted by Gasteiger charge is -2.36. The van der Waals surface area contributed by atoms with Gasteiger partial charge in [-0.2, -0.15) is 0 Å². The number of amides is 1. The van der Waals surface area contributed by atoms with Crippen molar-refractivity contribution in [3.8, 4) is 0 Å². The average Bonchev–Trinajstić information content (AvgIpc) is 3.11. The second-order valence-corrected chi connectivity index (χ2v) is 4.63. The summed E-state index contributed by atoms with van der Waals surface area (Å²) in [5.74, 6) is -1.02. The lowest BCUT2D eigenvalue weighted by Crippen LogP contribution is -2.57. The number of hydrogen-bond acceptors (Lipinski definition) is 4. The molecule has 2 rings (SSSR count). The first kappa shape index (κ1) is 12.3. The SMILES string of the molecule is CC(C(=O)NC1CC1)N1CCOCC1C(=O)O. The molecular weight excluding hydrogens is 224 g/mol. The van der Waals surface area contributed by atoms with E-state index in [-0.39, 0.29) is 12.5 Å². The highest BCUT2D eigenvalue weighted by molar-refractivity contribution is 5.83. The van der Waals surface area contributed by atoms with Gasteiger partial charge in [-0.25, -0.2) is 0 Å². The number of morpholine rings is 1. The van der Waals surface area contributed by atoms with E-state index in [1.54, 1.807) is 11.8 Å². The van der Waals surface area contributed by atoms with E-state index in [9.17, 15) is 9.59 Å². The molecular formula is C11H18N2O4. The number of aliphatic carboxylic acids is 1. The molecule has 1 aliphatic heterocycles. The minimum atomic E-state index is -0.934. The molecule has 17 heavy (non-hydrogen) atoms. The zero-order valence-corrected chi connectivity index (χ0v) is 9.89. The second kappa shape index (κ2) is 5.01. The second-order valence-electron chi connectivity index (χ2n) is 4.63. The van der Waals surface area contributed by atoms with E-state index >= 15 is 0 Å². The van der Waals surface area contributed by atoms with Crippen molar-refractivity contribution in [2.24, 2.45) is 0 Å². The van der Waals surface area contributed by atoms with Crippen molar-refractivity contribution in [1.82, 2.24) is 10.2 Å². The number of carbonyl (C=O) groups excluding carboxylic acids is 1. The van der Waals surface area contributed by atoms with E-state index in [4.69, 9.17) is 9.84 Å². The van der Waals surface area contributed by atoms with Gasteiger partial charge in [-0.3, -0.25) is 14.5 Å². The van der Waals surface area contributed by atoms with E-state index in [1.807, 2.05) is 0 Å². The fourth-order valence-corrected chi connectivity index (χ4v) is 1.99. The zero-order chi connectivity index (χ0) is 12.4. The summed E-state index contributed by atoms with van der Waals surface area (Å²) in [6.45, 7) is 2.86. The molecule has 0 spiro atoms. The molecule has 1 heterocycles. The average molecular weight is 242 g/mol. The van der Waals surface area contributed by atoms with Crippen LogP contribution in [0.15, 0.2) is 0 Å². The van der Waals surface area contributed by atoms with Crippen LogP contribution in [-0.4, -0.2) is 59.8 Å². The summed E-state index contributed by atoms with van der Waals surface area (Å²) in [5.41, 5.74) is 0. The van der Waals surface area contributed by atoms with Gasteiger partial charge in [0.15, 0.2) is 0 Å². The number of nitrogens with one attached hydrogen (secondary N) is 1. The van der Waals surface area contributed by atoms with Gasteiger partial charge in [0, 0.05) is 12.6 Å². The van der Waals surface area contributed by atoms with Crippen molar-refractivity contribution in [2.45, 2.75) is 37.9 Å². The lowest BCUT2D eigenvalue weighted by atomic mass is 10.1. The van der Waals surface area contributed by atoms with Crippen LogP contribution in [0.1, 0.15) is 19.8 Å². The number of nitrogens with zero attached hydrogens (tertiary/aromatic N) is 1. The molecule has 0 bridgehead atoms. The first-order valence-electron chi connectivity index (χ1n) is 5.96. The largest absolute Gasteiger partial charge is 0.480 e. The molecule has 96 valence electrons. The van der Waals surface area contributed by atoms with E-state index in [0.29, 0.717) is 19.2 Å². The maximum atomic E-state index is 11.9. The molecule has 6 heteroatoms. The number of carbonyl (C=O) groups is 2. The van der Waals surface area contributed by atoms with Crippen molar-refractivity contribution in [2.75, 3.05) is 19.8 Å². The van der Waals surface area contributed by atoms with Gasteiger partial charge >= 0.3 is 5.97 Å². The Balaban J connectivity index is 1.96. The summed E-state index contributed by atoms with van der Waals surface area (Å²) in [5, 5.41) is 12.0. The molecule has 2 fully saturated rings. The number of carboxylic acids is 1. The quantitative estimate of drug-likeness (QED) is 0.691. The molecule has 2 atom stereocenters. The molecule has 0 aromatic heterocycles. The summed E-state index contributed by atoms with van der Waals surface area (Å²) in [6, 6.07) is -0.835. The molecule has 1 saturated heterocycles. The molecule has 1 aliphatic carbocycles. The van der Waals surface area contributed by atoms with Crippen molar-refractivity contribution in [3.05, 3.63) is 0 Å². The zero-order valence-electron chi connectivity index (χ0n) is 9.89. The van der Waals surface area contributed by atoms with Crippen LogP contribution in [0.5, 0.6) is 0 Å². The number of carboxylic acid groups (broad SMARTS) is 1. The Morgan fingerprint density at radius 3 is 2.76 bits per heavy atom. The minimum absolute atomic E-state index is 0.0827. The maximum absolute atomic E-state index is 11.9. The summed E-state index contributed by atoms with van der Waals surface area (Å²) in [7, 11) is 0. The predicted octanol–water partition coefficient (Wildman–Crippen LogP) is -0.561. The van der Waals surface area contributed by atoms with Crippen LogP contribution in [-0.2, 0) is 14.3 Å². The summed E-state index contributed by atoms with van der Waals surface area (Å²) in [4.78, 5) is 24.6.